The lowest BCUT2D eigenvalue weighted by Gasteiger charge is -2.14. The molecule has 0 amide bonds. The maximum atomic E-state index is 11.6. The second kappa shape index (κ2) is 7.48. The predicted octanol–water partition coefficient (Wildman–Crippen LogP) is 4.88. The van der Waals surface area contributed by atoms with Gasteiger partial charge in [-0.2, -0.15) is 0 Å². The van der Waals surface area contributed by atoms with Crippen LogP contribution in [0.5, 0.6) is 5.75 Å². The Labute approximate surface area is 162 Å². The van der Waals surface area contributed by atoms with E-state index in [1.807, 2.05) is 61.5 Å². The minimum absolute atomic E-state index is 0.266. The van der Waals surface area contributed by atoms with Gasteiger partial charge in [-0.3, -0.25) is 9.97 Å². The van der Waals surface area contributed by atoms with Crippen LogP contribution >= 0.6 is 0 Å². The van der Waals surface area contributed by atoms with Crippen molar-refractivity contribution < 1.29 is 14.6 Å². The van der Waals surface area contributed by atoms with E-state index in [-0.39, 0.29) is 5.56 Å². The molecule has 2 aromatic carbocycles. The van der Waals surface area contributed by atoms with E-state index in [9.17, 15) is 9.90 Å². The number of carboxylic acid groups (broad SMARTS) is 1. The lowest BCUT2D eigenvalue weighted by Crippen LogP contribution is -2.03. The molecule has 0 spiro atoms. The Balaban J connectivity index is 1.71. The van der Waals surface area contributed by atoms with Gasteiger partial charge in [0.05, 0.1) is 11.1 Å². The third-order valence-electron chi connectivity index (χ3n) is 4.50. The molecule has 138 valence electrons. The van der Waals surface area contributed by atoms with E-state index in [1.165, 1.54) is 0 Å². The fraction of sp³-hybridized carbons (Fsp3) is 0.0870. The molecule has 1 N–H and O–H groups in total. The maximum Gasteiger partial charge on any atom is 0.336 e. The van der Waals surface area contributed by atoms with Gasteiger partial charge in [-0.1, -0.05) is 42.5 Å². The number of carbonyl (C=O) groups is 1. The molecule has 0 aliphatic rings. The van der Waals surface area contributed by atoms with Crippen molar-refractivity contribution in [3.05, 3.63) is 89.7 Å². The molecule has 0 unspecified atom stereocenters. The minimum Gasteiger partial charge on any atom is -0.486 e. The van der Waals surface area contributed by atoms with Gasteiger partial charge in [-0.25, -0.2) is 4.79 Å². The van der Waals surface area contributed by atoms with Crippen LogP contribution in [0.1, 0.15) is 21.6 Å². The first kappa shape index (κ1) is 17.7. The van der Waals surface area contributed by atoms with Crippen molar-refractivity contribution in [2.24, 2.45) is 0 Å². The van der Waals surface area contributed by atoms with Crippen LogP contribution < -0.4 is 4.74 Å². The Morgan fingerprint density at radius 1 is 1.00 bits per heavy atom. The average Bonchev–Trinajstić information content (AvgIpc) is 2.72. The second-order valence-electron chi connectivity index (χ2n) is 6.43. The summed E-state index contributed by atoms with van der Waals surface area (Å²) in [6.45, 7) is 2.20. The smallest absolute Gasteiger partial charge is 0.336 e. The number of rotatable bonds is 5. The van der Waals surface area contributed by atoms with E-state index in [0.29, 0.717) is 23.4 Å². The summed E-state index contributed by atoms with van der Waals surface area (Å²) in [5.74, 6) is -0.296. The number of ether oxygens (including phenoxy) is 1. The second-order valence-corrected chi connectivity index (χ2v) is 6.43. The van der Waals surface area contributed by atoms with E-state index in [2.05, 4.69) is 9.97 Å². The summed E-state index contributed by atoms with van der Waals surface area (Å²) in [6, 6.07) is 20.3. The SMILES string of the molecule is Cc1cc(OCc2ccccc2-c2ccccc2C(=O)O)c2ncccc2n1. The normalized spacial score (nSPS) is 10.8. The van der Waals surface area contributed by atoms with Gasteiger partial charge < -0.3 is 9.84 Å². The number of pyridine rings is 2. The maximum absolute atomic E-state index is 11.6. The standard InChI is InChI=1S/C23H18N2O3/c1-15-13-21(22-20(25-15)11-6-12-24-22)28-14-16-7-2-3-8-17(16)18-9-4-5-10-19(18)23(26)27/h2-13H,14H2,1H3,(H,26,27). The van der Waals surface area contributed by atoms with Crippen LogP contribution in [0.15, 0.2) is 72.9 Å². The Kier molecular flexibility index (Phi) is 4.72. The molecule has 28 heavy (non-hydrogen) atoms. The first-order chi connectivity index (χ1) is 13.6. The topological polar surface area (TPSA) is 72.3 Å². The quantitative estimate of drug-likeness (QED) is 0.542. The highest BCUT2D eigenvalue weighted by atomic mass is 16.5. The van der Waals surface area contributed by atoms with Crippen LogP contribution in [0.2, 0.25) is 0 Å². The van der Waals surface area contributed by atoms with Gasteiger partial charge in [0.2, 0.25) is 0 Å². The van der Waals surface area contributed by atoms with E-state index >= 15 is 0 Å². The van der Waals surface area contributed by atoms with Gasteiger partial charge in [0, 0.05) is 18.0 Å². The van der Waals surface area contributed by atoms with Crippen LogP contribution in [0.4, 0.5) is 0 Å². The molecule has 2 aromatic heterocycles. The Bertz CT molecular complexity index is 1170. The highest BCUT2D eigenvalue weighted by Crippen LogP contribution is 2.29. The van der Waals surface area contributed by atoms with E-state index in [4.69, 9.17) is 4.74 Å². The zero-order valence-corrected chi connectivity index (χ0v) is 15.3. The van der Waals surface area contributed by atoms with Crippen molar-refractivity contribution in [1.82, 2.24) is 9.97 Å². The van der Waals surface area contributed by atoms with Crippen molar-refractivity contribution in [2.75, 3.05) is 0 Å². The largest absolute Gasteiger partial charge is 0.486 e. The molecule has 2 heterocycles. The van der Waals surface area contributed by atoms with Gasteiger partial charge in [0.1, 0.15) is 17.9 Å². The zero-order valence-electron chi connectivity index (χ0n) is 15.3. The molecule has 0 saturated carbocycles. The number of carboxylic acids is 1. The third-order valence-corrected chi connectivity index (χ3v) is 4.50. The monoisotopic (exact) mass is 370 g/mol. The number of benzene rings is 2. The number of fused-ring (bicyclic) bond motifs is 1. The minimum atomic E-state index is -0.953. The molecule has 0 saturated heterocycles. The molecule has 0 atom stereocenters. The summed E-state index contributed by atoms with van der Waals surface area (Å²) >= 11 is 0. The van der Waals surface area contributed by atoms with Gasteiger partial charge in [-0.05, 0) is 41.8 Å². The molecule has 5 nitrogen and oxygen atoms in total. The summed E-state index contributed by atoms with van der Waals surface area (Å²) in [7, 11) is 0. The first-order valence-corrected chi connectivity index (χ1v) is 8.89. The number of nitrogens with zero attached hydrogens (tertiary/aromatic N) is 2. The summed E-state index contributed by atoms with van der Waals surface area (Å²) in [6.07, 6.45) is 1.71. The lowest BCUT2D eigenvalue weighted by molar-refractivity contribution is 0.0697. The number of hydrogen-bond acceptors (Lipinski definition) is 4. The van der Waals surface area contributed by atoms with Crippen molar-refractivity contribution in [2.45, 2.75) is 13.5 Å². The summed E-state index contributed by atoms with van der Waals surface area (Å²) < 4.78 is 6.10. The van der Waals surface area contributed by atoms with Gasteiger partial charge in [-0.15, -0.1) is 0 Å². The summed E-state index contributed by atoms with van der Waals surface area (Å²) in [4.78, 5) is 20.5. The van der Waals surface area contributed by atoms with E-state index in [1.54, 1.807) is 18.3 Å². The molecular formula is C23H18N2O3. The number of aryl methyl sites for hydroxylation is 1. The molecule has 4 aromatic rings. The van der Waals surface area contributed by atoms with Crippen LogP contribution in [-0.4, -0.2) is 21.0 Å². The highest BCUT2D eigenvalue weighted by Gasteiger charge is 2.14. The zero-order chi connectivity index (χ0) is 19.5. The fourth-order valence-electron chi connectivity index (χ4n) is 3.24. The highest BCUT2D eigenvalue weighted by molar-refractivity contribution is 5.96. The van der Waals surface area contributed by atoms with Crippen molar-refractivity contribution in [3.8, 4) is 16.9 Å². The molecule has 0 fully saturated rings. The Hall–Kier alpha value is -3.73. The molecule has 0 aliphatic heterocycles. The average molecular weight is 370 g/mol. The molecule has 5 heteroatoms. The van der Waals surface area contributed by atoms with Crippen molar-refractivity contribution in [1.29, 1.82) is 0 Å². The molecular weight excluding hydrogens is 352 g/mol. The summed E-state index contributed by atoms with van der Waals surface area (Å²) in [5.41, 5.74) is 5.00. The van der Waals surface area contributed by atoms with E-state index in [0.717, 1.165) is 22.3 Å². The van der Waals surface area contributed by atoms with Gasteiger partial charge >= 0.3 is 5.97 Å². The molecule has 0 radical (unpaired) electrons. The van der Waals surface area contributed by atoms with Crippen LogP contribution in [0.25, 0.3) is 22.2 Å². The third kappa shape index (κ3) is 3.42. The molecule has 0 bridgehead atoms. The van der Waals surface area contributed by atoms with Crippen LogP contribution in [0.3, 0.4) is 0 Å². The fourth-order valence-corrected chi connectivity index (χ4v) is 3.24. The van der Waals surface area contributed by atoms with Crippen LogP contribution in [0, 0.1) is 6.92 Å². The van der Waals surface area contributed by atoms with Gasteiger partial charge in [0.15, 0.2) is 0 Å². The predicted molar refractivity (Wildman–Crippen MR) is 107 cm³/mol. The van der Waals surface area contributed by atoms with Gasteiger partial charge in [0.25, 0.3) is 0 Å². The number of hydrogen-bond donors (Lipinski definition) is 1. The number of aromatic carboxylic acids is 1. The first-order valence-electron chi connectivity index (χ1n) is 8.89. The molecule has 4 rings (SSSR count). The lowest BCUT2D eigenvalue weighted by atomic mass is 9.96. The van der Waals surface area contributed by atoms with Crippen molar-refractivity contribution in [3.63, 3.8) is 0 Å². The molecule has 0 aliphatic carbocycles. The Morgan fingerprint density at radius 2 is 1.75 bits per heavy atom. The van der Waals surface area contributed by atoms with Crippen LogP contribution in [-0.2, 0) is 6.61 Å². The van der Waals surface area contributed by atoms with Crippen molar-refractivity contribution >= 4 is 17.0 Å². The number of aromatic nitrogens is 2. The Morgan fingerprint density at radius 3 is 2.57 bits per heavy atom. The summed E-state index contributed by atoms with van der Waals surface area (Å²) in [5, 5.41) is 9.53. The van der Waals surface area contributed by atoms with E-state index < -0.39 is 5.97 Å².